The molecule has 118 valence electrons. The van der Waals surface area contributed by atoms with E-state index in [4.69, 9.17) is 9.26 Å². The number of aryl methyl sites for hydroxylation is 2. The third-order valence-corrected chi connectivity index (χ3v) is 3.05. The fraction of sp³-hybridized carbons (Fsp3) is 0.467. The van der Waals surface area contributed by atoms with Gasteiger partial charge in [-0.3, -0.25) is 4.79 Å². The number of nitrogens with zero attached hydrogens (tertiary/aromatic N) is 2. The van der Waals surface area contributed by atoms with Crippen LogP contribution in [-0.4, -0.2) is 34.2 Å². The van der Waals surface area contributed by atoms with Crippen LogP contribution in [0.4, 0.5) is 0 Å². The Morgan fingerprint density at radius 3 is 2.59 bits per heavy atom. The van der Waals surface area contributed by atoms with E-state index >= 15 is 0 Å². The van der Waals surface area contributed by atoms with Crippen LogP contribution in [0.2, 0.25) is 0 Å². The van der Waals surface area contributed by atoms with Crippen molar-refractivity contribution in [3.63, 3.8) is 0 Å². The molecule has 1 amide bonds. The largest absolute Gasteiger partial charge is 0.449 e. The van der Waals surface area contributed by atoms with Crippen LogP contribution in [0.1, 0.15) is 42.5 Å². The first kappa shape index (κ1) is 15.9. The SMILES string of the molecule is Cc1cc(C(=O)OC(C)C(=O)NC(C)C)c2c(C)noc2n1. The lowest BCUT2D eigenvalue weighted by atomic mass is 10.1. The summed E-state index contributed by atoms with van der Waals surface area (Å²) >= 11 is 0. The van der Waals surface area contributed by atoms with Gasteiger partial charge in [0.2, 0.25) is 0 Å². The lowest BCUT2D eigenvalue weighted by molar-refractivity contribution is -0.129. The molecule has 0 saturated carbocycles. The van der Waals surface area contributed by atoms with Crippen LogP contribution in [0, 0.1) is 13.8 Å². The van der Waals surface area contributed by atoms with E-state index in [0.29, 0.717) is 22.3 Å². The second-order valence-corrected chi connectivity index (χ2v) is 5.47. The number of amides is 1. The highest BCUT2D eigenvalue weighted by molar-refractivity contribution is 6.04. The molecule has 22 heavy (non-hydrogen) atoms. The minimum Gasteiger partial charge on any atom is -0.449 e. The smallest absolute Gasteiger partial charge is 0.339 e. The molecule has 1 N–H and O–H groups in total. The van der Waals surface area contributed by atoms with Crippen molar-refractivity contribution < 1.29 is 18.8 Å². The van der Waals surface area contributed by atoms with E-state index in [2.05, 4.69) is 15.5 Å². The van der Waals surface area contributed by atoms with Crippen molar-refractivity contribution in [3.05, 3.63) is 23.0 Å². The van der Waals surface area contributed by atoms with Gasteiger partial charge in [-0.05, 0) is 40.7 Å². The van der Waals surface area contributed by atoms with Gasteiger partial charge >= 0.3 is 5.97 Å². The van der Waals surface area contributed by atoms with Crippen molar-refractivity contribution >= 4 is 23.0 Å². The van der Waals surface area contributed by atoms with Gasteiger partial charge in [0.25, 0.3) is 11.6 Å². The molecule has 0 aliphatic carbocycles. The van der Waals surface area contributed by atoms with Gasteiger partial charge in [-0.15, -0.1) is 0 Å². The zero-order valence-electron chi connectivity index (χ0n) is 13.3. The Morgan fingerprint density at radius 1 is 1.27 bits per heavy atom. The molecule has 1 atom stereocenters. The zero-order valence-corrected chi connectivity index (χ0v) is 13.3. The predicted molar refractivity (Wildman–Crippen MR) is 79.4 cm³/mol. The number of pyridine rings is 1. The molecule has 0 radical (unpaired) electrons. The number of hydrogen-bond donors (Lipinski definition) is 1. The average molecular weight is 305 g/mol. The molecular weight excluding hydrogens is 286 g/mol. The van der Waals surface area contributed by atoms with Crippen LogP contribution in [0.25, 0.3) is 11.1 Å². The van der Waals surface area contributed by atoms with Crippen LogP contribution < -0.4 is 5.32 Å². The number of rotatable bonds is 4. The fourth-order valence-corrected chi connectivity index (χ4v) is 2.06. The standard InChI is InChI=1S/C15H19N3O4/c1-7(2)16-13(19)10(5)21-15(20)11-6-8(3)17-14-12(11)9(4)18-22-14/h6-7,10H,1-5H3,(H,16,19). The molecule has 0 fully saturated rings. The number of carbonyl (C=O) groups is 2. The number of hydrogen-bond acceptors (Lipinski definition) is 6. The third kappa shape index (κ3) is 3.24. The van der Waals surface area contributed by atoms with Crippen molar-refractivity contribution in [2.24, 2.45) is 0 Å². The van der Waals surface area contributed by atoms with Crippen molar-refractivity contribution in [1.29, 1.82) is 0 Å². The van der Waals surface area contributed by atoms with E-state index < -0.39 is 12.1 Å². The van der Waals surface area contributed by atoms with Crippen molar-refractivity contribution in [2.45, 2.75) is 46.8 Å². The van der Waals surface area contributed by atoms with E-state index in [1.807, 2.05) is 13.8 Å². The topological polar surface area (TPSA) is 94.3 Å². The molecule has 2 rings (SSSR count). The van der Waals surface area contributed by atoms with Crippen molar-refractivity contribution in [3.8, 4) is 0 Å². The Kier molecular flexibility index (Phi) is 4.44. The molecule has 2 heterocycles. The molecule has 1 unspecified atom stereocenters. The first-order chi connectivity index (χ1) is 10.3. The van der Waals surface area contributed by atoms with Gasteiger partial charge in [0.05, 0.1) is 16.6 Å². The van der Waals surface area contributed by atoms with E-state index in [9.17, 15) is 9.59 Å². The summed E-state index contributed by atoms with van der Waals surface area (Å²) in [6.07, 6.45) is -0.890. The second-order valence-electron chi connectivity index (χ2n) is 5.47. The Bertz CT molecular complexity index is 721. The summed E-state index contributed by atoms with van der Waals surface area (Å²) in [5.41, 5.74) is 1.73. The Hall–Kier alpha value is -2.44. The van der Waals surface area contributed by atoms with Gasteiger partial charge in [0, 0.05) is 11.7 Å². The van der Waals surface area contributed by atoms with Crippen LogP contribution >= 0.6 is 0 Å². The molecule has 2 aromatic rings. The minimum absolute atomic E-state index is 0.0242. The molecule has 2 aromatic heterocycles. The Morgan fingerprint density at radius 2 is 1.95 bits per heavy atom. The predicted octanol–water partition coefficient (Wildman–Crippen LogP) is 1.91. The highest BCUT2D eigenvalue weighted by atomic mass is 16.5. The van der Waals surface area contributed by atoms with Crippen molar-refractivity contribution in [2.75, 3.05) is 0 Å². The minimum atomic E-state index is -0.890. The van der Waals surface area contributed by atoms with E-state index in [0.717, 1.165) is 0 Å². The molecule has 0 aliphatic heterocycles. The van der Waals surface area contributed by atoms with Gasteiger partial charge in [0.1, 0.15) is 0 Å². The number of fused-ring (bicyclic) bond motifs is 1. The Balaban J connectivity index is 2.26. The number of aromatic nitrogens is 2. The van der Waals surface area contributed by atoms with Crippen LogP contribution in [0.15, 0.2) is 10.6 Å². The molecule has 7 nitrogen and oxygen atoms in total. The summed E-state index contributed by atoms with van der Waals surface area (Å²) in [5.74, 6) is -0.944. The van der Waals surface area contributed by atoms with Crippen molar-refractivity contribution in [1.82, 2.24) is 15.5 Å². The summed E-state index contributed by atoms with van der Waals surface area (Å²) in [6, 6.07) is 1.57. The summed E-state index contributed by atoms with van der Waals surface area (Å²) in [6.45, 7) is 8.66. The number of carbonyl (C=O) groups excluding carboxylic acids is 2. The zero-order chi connectivity index (χ0) is 16.4. The molecular formula is C15H19N3O4. The van der Waals surface area contributed by atoms with E-state index in [1.165, 1.54) is 6.92 Å². The summed E-state index contributed by atoms with van der Waals surface area (Å²) < 4.78 is 10.3. The van der Waals surface area contributed by atoms with E-state index in [1.54, 1.807) is 19.9 Å². The number of nitrogens with one attached hydrogen (secondary N) is 1. The molecule has 0 bridgehead atoms. The second kappa shape index (κ2) is 6.13. The average Bonchev–Trinajstić information content (AvgIpc) is 2.78. The third-order valence-electron chi connectivity index (χ3n) is 3.05. The number of ether oxygens (including phenoxy) is 1. The summed E-state index contributed by atoms with van der Waals surface area (Å²) in [4.78, 5) is 28.4. The van der Waals surface area contributed by atoms with Gasteiger partial charge in [-0.2, -0.15) is 0 Å². The van der Waals surface area contributed by atoms with Gasteiger partial charge in [-0.25, -0.2) is 9.78 Å². The highest BCUT2D eigenvalue weighted by Gasteiger charge is 2.23. The highest BCUT2D eigenvalue weighted by Crippen LogP contribution is 2.22. The summed E-state index contributed by atoms with van der Waals surface area (Å²) in [7, 11) is 0. The maximum Gasteiger partial charge on any atom is 0.339 e. The van der Waals surface area contributed by atoms with E-state index in [-0.39, 0.29) is 17.7 Å². The Labute approximate surface area is 128 Å². The van der Waals surface area contributed by atoms with Crippen LogP contribution in [-0.2, 0) is 9.53 Å². The maximum atomic E-state index is 12.4. The first-order valence-electron chi connectivity index (χ1n) is 7.04. The molecule has 0 aliphatic rings. The van der Waals surface area contributed by atoms with Gasteiger partial charge in [-0.1, -0.05) is 5.16 Å². The lowest BCUT2D eigenvalue weighted by Crippen LogP contribution is -2.39. The quantitative estimate of drug-likeness (QED) is 0.867. The van der Waals surface area contributed by atoms with Crippen LogP contribution in [0.5, 0.6) is 0 Å². The maximum absolute atomic E-state index is 12.4. The molecule has 7 heteroatoms. The molecule has 0 saturated heterocycles. The fourth-order valence-electron chi connectivity index (χ4n) is 2.06. The lowest BCUT2D eigenvalue weighted by Gasteiger charge is -2.15. The van der Waals surface area contributed by atoms with Gasteiger partial charge in [0.15, 0.2) is 6.10 Å². The molecule has 0 aromatic carbocycles. The monoisotopic (exact) mass is 305 g/mol. The van der Waals surface area contributed by atoms with Gasteiger partial charge < -0.3 is 14.6 Å². The number of esters is 1. The normalized spacial score (nSPS) is 12.5. The summed E-state index contributed by atoms with van der Waals surface area (Å²) in [5, 5.41) is 7.01. The van der Waals surface area contributed by atoms with Crippen LogP contribution in [0.3, 0.4) is 0 Å². The first-order valence-corrected chi connectivity index (χ1v) is 7.04. The molecule has 0 spiro atoms.